The molecule has 0 bridgehead atoms. The molecule has 0 radical (unpaired) electrons. The second-order valence-electron chi connectivity index (χ2n) is 7.05. The summed E-state index contributed by atoms with van der Waals surface area (Å²) in [6.45, 7) is 4.26. The van der Waals surface area contributed by atoms with E-state index in [4.69, 9.17) is 4.74 Å². The quantitative estimate of drug-likeness (QED) is 0.738. The second-order valence-corrected chi connectivity index (χ2v) is 7.05. The van der Waals surface area contributed by atoms with Crippen LogP contribution in [0.25, 0.3) is 0 Å². The van der Waals surface area contributed by atoms with Gasteiger partial charge in [0, 0.05) is 13.1 Å². The molecule has 5 heteroatoms. The monoisotopic (exact) mass is 370 g/mol. The van der Waals surface area contributed by atoms with Gasteiger partial charge < -0.3 is 9.64 Å². The number of carbonyl (C=O) groups excluding carboxylic acids is 1. The Balaban J connectivity index is 1.61. The number of ether oxygens (including phenoxy) is 1. The molecule has 1 aliphatic heterocycles. The lowest BCUT2D eigenvalue weighted by molar-refractivity contribution is -0.133. The van der Waals surface area contributed by atoms with E-state index in [-0.39, 0.29) is 17.8 Å². The van der Waals surface area contributed by atoms with Crippen molar-refractivity contribution in [2.45, 2.75) is 32.4 Å². The Kier molecular flexibility index (Phi) is 6.45. The van der Waals surface area contributed by atoms with E-state index < -0.39 is 0 Å². The highest BCUT2D eigenvalue weighted by Crippen LogP contribution is 2.32. The zero-order chi connectivity index (χ0) is 19.2. The molecule has 1 aliphatic rings. The van der Waals surface area contributed by atoms with Crippen molar-refractivity contribution in [1.82, 2.24) is 9.80 Å². The Morgan fingerprint density at radius 3 is 2.74 bits per heavy atom. The molecule has 2 aromatic carbocycles. The Hall–Kier alpha value is -2.40. The number of hydrogen-bond acceptors (Lipinski definition) is 3. The largest absolute Gasteiger partial charge is 0.494 e. The molecule has 144 valence electrons. The number of amides is 1. The van der Waals surface area contributed by atoms with Gasteiger partial charge in [-0.3, -0.25) is 9.69 Å². The summed E-state index contributed by atoms with van der Waals surface area (Å²) in [5, 5.41) is 0. The van der Waals surface area contributed by atoms with Crippen LogP contribution >= 0.6 is 0 Å². The van der Waals surface area contributed by atoms with E-state index in [1.165, 1.54) is 12.1 Å². The molecule has 0 saturated carbocycles. The van der Waals surface area contributed by atoms with Gasteiger partial charge in [0.2, 0.25) is 5.91 Å². The van der Waals surface area contributed by atoms with Crippen LogP contribution < -0.4 is 4.74 Å². The van der Waals surface area contributed by atoms with Gasteiger partial charge in [0.25, 0.3) is 0 Å². The zero-order valence-corrected chi connectivity index (χ0v) is 16.0. The molecule has 1 unspecified atom stereocenters. The van der Waals surface area contributed by atoms with Crippen LogP contribution in [0.2, 0.25) is 0 Å². The van der Waals surface area contributed by atoms with Gasteiger partial charge in [-0.25, -0.2) is 4.39 Å². The normalized spacial score (nSPS) is 16.7. The average molecular weight is 370 g/mol. The molecule has 2 aromatic rings. The number of halogens is 1. The molecule has 1 fully saturated rings. The van der Waals surface area contributed by atoms with Gasteiger partial charge in [0.05, 0.1) is 19.2 Å². The average Bonchev–Trinajstić information content (AvgIpc) is 3.12. The lowest BCUT2D eigenvalue weighted by Crippen LogP contribution is -2.38. The van der Waals surface area contributed by atoms with E-state index in [0.717, 1.165) is 36.3 Å². The van der Waals surface area contributed by atoms with Gasteiger partial charge in [-0.05, 0) is 62.2 Å². The van der Waals surface area contributed by atoms with E-state index in [2.05, 4.69) is 12.1 Å². The molecule has 0 spiro atoms. The fraction of sp³-hybridized carbons (Fsp3) is 0.409. The Morgan fingerprint density at radius 2 is 2.04 bits per heavy atom. The van der Waals surface area contributed by atoms with Crippen LogP contribution in [0.4, 0.5) is 4.39 Å². The van der Waals surface area contributed by atoms with E-state index in [1.807, 2.05) is 42.0 Å². The van der Waals surface area contributed by atoms with Crippen molar-refractivity contribution in [3.05, 3.63) is 65.5 Å². The van der Waals surface area contributed by atoms with Crippen molar-refractivity contribution in [2.24, 2.45) is 0 Å². The number of rotatable bonds is 7. The van der Waals surface area contributed by atoms with Crippen LogP contribution in [0.15, 0.2) is 48.5 Å². The van der Waals surface area contributed by atoms with Crippen molar-refractivity contribution in [1.29, 1.82) is 0 Å². The van der Waals surface area contributed by atoms with Crippen LogP contribution in [0, 0.1) is 5.82 Å². The minimum Gasteiger partial charge on any atom is -0.494 e. The van der Waals surface area contributed by atoms with Crippen LogP contribution in [0.5, 0.6) is 5.75 Å². The fourth-order valence-corrected chi connectivity index (χ4v) is 3.69. The van der Waals surface area contributed by atoms with Crippen LogP contribution in [-0.4, -0.2) is 42.5 Å². The lowest BCUT2D eigenvalue weighted by atomic mass is 10.0. The number of nitrogens with zero attached hydrogens (tertiary/aromatic N) is 2. The third-order valence-corrected chi connectivity index (χ3v) is 4.90. The highest BCUT2D eigenvalue weighted by Gasteiger charge is 2.30. The molecule has 1 amide bonds. The summed E-state index contributed by atoms with van der Waals surface area (Å²) in [6, 6.07) is 14.7. The van der Waals surface area contributed by atoms with Crippen molar-refractivity contribution in [3.8, 4) is 5.75 Å². The van der Waals surface area contributed by atoms with Crippen LogP contribution in [0.3, 0.4) is 0 Å². The van der Waals surface area contributed by atoms with Gasteiger partial charge in [0.1, 0.15) is 11.6 Å². The lowest BCUT2D eigenvalue weighted by Gasteiger charge is -2.27. The molecule has 1 atom stereocenters. The molecule has 3 rings (SSSR count). The van der Waals surface area contributed by atoms with Gasteiger partial charge in [0.15, 0.2) is 0 Å². The summed E-state index contributed by atoms with van der Waals surface area (Å²) in [7, 11) is 1.89. The molecular formula is C22H27FN2O2. The van der Waals surface area contributed by atoms with E-state index in [0.29, 0.717) is 19.7 Å². The highest BCUT2D eigenvalue weighted by atomic mass is 19.1. The number of carbonyl (C=O) groups is 1. The fourth-order valence-electron chi connectivity index (χ4n) is 3.69. The maximum Gasteiger partial charge on any atom is 0.237 e. The van der Waals surface area contributed by atoms with Gasteiger partial charge in [-0.1, -0.05) is 24.3 Å². The number of benzene rings is 2. The van der Waals surface area contributed by atoms with E-state index in [1.54, 1.807) is 6.07 Å². The maximum atomic E-state index is 13.3. The maximum absolute atomic E-state index is 13.3. The Morgan fingerprint density at radius 1 is 1.26 bits per heavy atom. The number of likely N-dealkylation sites (tertiary alicyclic amines) is 1. The first-order valence-corrected chi connectivity index (χ1v) is 9.52. The van der Waals surface area contributed by atoms with Crippen molar-refractivity contribution in [3.63, 3.8) is 0 Å². The third kappa shape index (κ3) is 5.07. The third-order valence-electron chi connectivity index (χ3n) is 4.90. The Bertz CT molecular complexity index is 763. The minimum atomic E-state index is -0.248. The first kappa shape index (κ1) is 19.4. The van der Waals surface area contributed by atoms with E-state index in [9.17, 15) is 9.18 Å². The summed E-state index contributed by atoms with van der Waals surface area (Å²) < 4.78 is 18.8. The second kappa shape index (κ2) is 9.00. The predicted octanol–water partition coefficient (Wildman–Crippen LogP) is 4.02. The van der Waals surface area contributed by atoms with Gasteiger partial charge >= 0.3 is 0 Å². The molecule has 0 aliphatic carbocycles. The summed E-state index contributed by atoms with van der Waals surface area (Å²) >= 11 is 0. The van der Waals surface area contributed by atoms with Gasteiger partial charge in [-0.15, -0.1) is 0 Å². The molecule has 1 heterocycles. The van der Waals surface area contributed by atoms with Crippen molar-refractivity contribution >= 4 is 5.91 Å². The molecular weight excluding hydrogens is 343 g/mol. The smallest absolute Gasteiger partial charge is 0.237 e. The molecule has 0 N–H and O–H groups in total. The molecule has 0 aromatic heterocycles. The Labute approximate surface area is 160 Å². The SMILES string of the molecule is CCOc1ccc(C2CCCN2C(=O)CN(C)Cc2cccc(F)c2)cc1. The predicted molar refractivity (Wildman–Crippen MR) is 104 cm³/mol. The van der Waals surface area contributed by atoms with E-state index >= 15 is 0 Å². The highest BCUT2D eigenvalue weighted by molar-refractivity contribution is 5.79. The minimum absolute atomic E-state index is 0.116. The summed E-state index contributed by atoms with van der Waals surface area (Å²) in [5.74, 6) is 0.722. The standard InChI is InChI=1S/C22H27FN2O2/c1-3-27-20-11-9-18(10-12-20)21-8-5-13-25(21)22(26)16-24(2)15-17-6-4-7-19(23)14-17/h4,6-7,9-12,14,21H,3,5,8,13,15-16H2,1-2H3. The zero-order valence-electron chi connectivity index (χ0n) is 16.0. The molecule has 27 heavy (non-hydrogen) atoms. The van der Waals surface area contributed by atoms with Crippen LogP contribution in [0.1, 0.15) is 36.9 Å². The first-order valence-electron chi connectivity index (χ1n) is 9.52. The first-order chi connectivity index (χ1) is 13.1. The molecule has 1 saturated heterocycles. The van der Waals surface area contributed by atoms with Gasteiger partial charge in [-0.2, -0.15) is 0 Å². The van der Waals surface area contributed by atoms with Crippen molar-refractivity contribution in [2.75, 3.05) is 26.7 Å². The summed E-state index contributed by atoms with van der Waals surface area (Å²) in [6.07, 6.45) is 1.99. The van der Waals surface area contributed by atoms with Crippen molar-refractivity contribution < 1.29 is 13.9 Å². The van der Waals surface area contributed by atoms with Crippen LogP contribution in [-0.2, 0) is 11.3 Å². The molecule has 4 nitrogen and oxygen atoms in total. The number of likely N-dealkylation sites (N-methyl/N-ethyl adjacent to an activating group) is 1. The summed E-state index contributed by atoms with van der Waals surface area (Å²) in [5.41, 5.74) is 2.02. The summed E-state index contributed by atoms with van der Waals surface area (Å²) in [4.78, 5) is 16.8. The topological polar surface area (TPSA) is 32.8 Å². The number of hydrogen-bond donors (Lipinski definition) is 0.